The summed E-state index contributed by atoms with van der Waals surface area (Å²) in [5, 5.41) is 19.8. The average Bonchev–Trinajstić information content (AvgIpc) is 2.95. The minimum atomic E-state index is -1.24. The molecule has 5 nitrogen and oxygen atoms in total. The quantitative estimate of drug-likeness (QED) is 0.483. The molecule has 134 valence electrons. The molecule has 1 spiro atoms. The molecule has 0 fully saturated rings. The molecular weight excluding hydrogens is 368 g/mol. The third kappa shape index (κ3) is 2.03. The fourth-order valence-electron chi connectivity index (χ4n) is 3.93. The maximum atomic E-state index is 12.9. The predicted molar refractivity (Wildman–Crippen MR) is 97.6 cm³/mol. The molecule has 0 aliphatic carbocycles. The minimum absolute atomic E-state index is 0.0200. The van der Waals surface area contributed by atoms with E-state index in [1.54, 1.807) is 18.2 Å². The summed E-state index contributed by atoms with van der Waals surface area (Å²) in [5.41, 5.74) is 1.73. The van der Waals surface area contributed by atoms with Gasteiger partial charge in [-0.05, 0) is 29.8 Å². The molecule has 0 bridgehead atoms. The lowest BCUT2D eigenvalue weighted by molar-refractivity contribution is 0.0224. The Labute approximate surface area is 159 Å². The SMILES string of the molecule is O=C1OC2(c3ccc(O)cc3Oc3cc(O)ccc32)c2cccc(CCl)c21. The zero-order valence-electron chi connectivity index (χ0n) is 13.9. The highest BCUT2D eigenvalue weighted by Gasteiger charge is 2.54. The monoisotopic (exact) mass is 380 g/mol. The van der Waals surface area contributed by atoms with Crippen molar-refractivity contribution in [2.24, 2.45) is 0 Å². The van der Waals surface area contributed by atoms with Crippen LogP contribution >= 0.6 is 11.6 Å². The molecule has 2 aliphatic heterocycles. The molecule has 0 unspecified atom stereocenters. The lowest BCUT2D eigenvalue weighted by atomic mass is 9.77. The first-order valence-electron chi connectivity index (χ1n) is 8.31. The summed E-state index contributed by atoms with van der Waals surface area (Å²) in [6.45, 7) is 0. The van der Waals surface area contributed by atoms with Gasteiger partial charge in [0.15, 0.2) is 5.60 Å². The number of carbonyl (C=O) groups is 1. The van der Waals surface area contributed by atoms with Gasteiger partial charge in [-0.1, -0.05) is 18.2 Å². The second kappa shape index (κ2) is 5.41. The van der Waals surface area contributed by atoms with Gasteiger partial charge < -0.3 is 19.7 Å². The normalized spacial score (nSPS) is 15.5. The lowest BCUT2D eigenvalue weighted by Crippen LogP contribution is -2.32. The number of fused-ring (bicyclic) bond motifs is 6. The van der Waals surface area contributed by atoms with E-state index >= 15 is 0 Å². The van der Waals surface area contributed by atoms with Crippen LogP contribution in [-0.4, -0.2) is 16.2 Å². The predicted octanol–water partition coefficient (Wildman–Crippen LogP) is 4.40. The Kier molecular flexibility index (Phi) is 3.21. The summed E-state index contributed by atoms with van der Waals surface area (Å²) < 4.78 is 11.9. The molecular formula is C21H13ClO5. The largest absolute Gasteiger partial charge is 0.508 e. The van der Waals surface area contributed by atoms with Crippen molar-refractivity contribution < 1.29 is 24.5 Å². The van der Waals surface area contributed by atoms with Gasteiger partial charge in [-0.2, -0.15) is 0 Å². The Balaban J connectivity index is 1.91. The molecule has 0 saturated carbocycles. The van der Waals surface area contributed by atoms with Crippen molar-refractivity contribution in [2.75, 3.05) is 0 Å². The molecule has 0 aromatic heterocycles. The van der Waals surface area contributed by atoms with Crippen molar-refractivity contribution >= 4 is 17.6 Å². The molecule has 0 amide bonds. The number of aromatic hydroxyl groups is 2. The minimum Gasteiger partial charge on any atom is -0.508 e. The molecule has 0 atom stereocenters. The van der Waals surface area contributed by atoms with Gasteiger partial charge in [0.25, 0.3) is 0 Å². The van der Waals surface area contributed by atoms with Crippen molar-refractivity contribution in [1.82, 2.24) is 0 Å². The van der Waals surface area contributed by atoms with Crippen molar-refractivity contribution in [3.8, 4) is 23.0 Å². The van der Waals surface area contributed by atoms with Crippen LogP contribution in [0.2, 0.25) is 0 Å². The number of esters is 1. The van der Waals surface area contributed by atoms with Gasteiger partial charge >= 0.3 is 5.97 Å². The molecule has 2 aliphatic rings. The van der Waals surface area contributed by atoms with Crippen LogP contribution in [0.4, 0.5) is 0 Å². The summed E-state index contributed by atoms with van der Waals surface area (Å²) in [6, 6.07) is 14.8. The van der Waals surface area contributed by atoms with Crippen molar-refractivity contribution in [1.29, 1.82) is 0 Å². The van der Waals surface area contributed by atoms with Crippen LogP contribution in [0.5, 0.6) is 23.0 Å². The number of ether oxygens (including phenoxy) is 2. The molecule has 0 saturated heterocycles. The first-order valence-corrected chi connectivity index (χ1v) is 8.84. The number of benzene rings is 3. The lowest BCUT2D eigenvalue weighted by Gasteiger charge is -2.36. The summed E-state index contributed by atoms with van der Waals surface area (Å²) in [4.78, 5) is 12.9. The van der Waals surface area contributed by atoms with E-state index in [1.165, 1.54) is 24.3 Å². The van der Waals surface area contributed by atoms with E-state index < -0.39 is 11.6 Å². The summed E-state index contributed by atoms with van der Waals surface area (Å²) in [6.07, 6.45) is 0. The van der Waals surface area contributed by atoms with Crippen molar-refractivity contribution in [2.45, 2.75) is 11.5 Å². The summed E-state index contributed by atoms with van der Waals surface area (Å²) in [7, 11) is 0. The van der Waals surface area contributed by atoms with Crippen LogP contribution in [0.1, 0.15) is 32.6 Å². The second-order valence-corrected chi connectivity index (χ2v) is 6.77. The number of halogens is 1. The molecule has 27 heavy (non-hydrogen) atoms. The molecule has 5 rings (SSSR count). The fraction of sp³-hybridized carbons (Fsp3) is 0.0952. The van der Waals surface area contributed by atoms with E-state index in [4.69, 9.17) is 21.1 Å². The van der Waals surface area contributed by atoms with Crippen LogP contribution in [-0.2, 0) is 16.2 Å². The van der Waals surface area contributed by atoms with Crippen molar-refractivity contribution in [3.63, 3.8) is 0 Å². The highest BCUT2D eigenvalue weighted by atomic mass is 35.5. The molecule has 3 aromatic carbocycles. The molecule has 3 aromatic rings. The van der Waals surface area contributed by atoms with Gasteiger partial charge in [0, 0.05) is 34.7 Å². The van der Waals surface area contributed by atoms with Crippen LogP contribution in [0.3, 0.4) is 0 Å². The smallest absolute Gasteiger partial charge is 0.340 e. The van der Waals surface area contributed by atoms with Gasteiger partial charge in [-0.15, -0.1) is 11.6 Å². The average molecular weight is 381 g/mol. The summed E-state index contributed by atoms with van der Waals surface area (Å²) >= 11 is 6.05. The van der Waals surface area contributed by atoms with E-state index in [0.717, 1.165) is 0 Å². The highest BCUT2D eigenvalue weighted by Crippen LogP contribution is 2.57. The first-order chi connectivity index (χ1) is 13.0. The van der Waals surface area contributed by atoms with Gasteiger partial charge in [0.05, 0.1) is 5.56 Å². The topological polar surface area (TPSA) is 76.0 Å². The number of phenolic OH excluding ortho intramolecular Hbond substituents is 2. The van der Waals surface area contributed by atoms with Crippen LogP contribution in [0.25, 0.3) is 0 Å². The third-order valence-corrected chi connectivity index (χ3v) is 5.32. The molecule has 2 heterocycles. The van der Waals surface area contributed by atoms with E-state index in [2.05, 4.69) is 0 Å². The van der Waals surface area contributed by atoms with E-state index in [1.807, 2.05) is 12.1 Å². The number of hydrogen-bond donors (Lipinski definition) is 2. The first kappa shape index (κ1) is 16.0. The number of rotatable bonds is 1. The summed E-state index contributed by atoms with van der Waals surface area (Å²) in [5.74, 6) is 0.449. The maximum absolute atomic E-state index is 12.9. The molecule has 0 radical (unpaired) electrons. The Morgan fingerprint density at radius 2 is 1.52 bits per heavy atom. The molecule has 6 heteroatoms. The maximum Gasteiger partial charge on any atom is 0.340 e. The Morgan fingerprint density at radius 3 is 2.11 bits per heavy atom. The van der Waals surface area contributed by atoms with Crippen LogP contribution in [0.15, 0.2) is 54.6 Å². The number of phenols is 2. The van der Waals surface area contributed by atoms with Gasteiger partial charge in [-0.25, -0.2) is 4.79 Å². The van der Waals surface area contributed by atoms with E-state index in [0.29, 0.717) is 39.3 Å². The number of hydrogen-bond acceptors (Lipinski definition) is 5. The standard InChI is InChI=1S/C21H13ClO5/c22-10-11-2-1-3-16-19(11)20(25)27-21(16)14-6-4-12(23)8-17(14)26-18-9-13(24)5-7-15(18)21/h1-9,23-24H,10H2. The zero-order valence-corrected chi connectivity index (χ0v) is 14.7. The van der Waals surface area contributed by atoms with E-state index in [-0.39, 0.29) is 17.4 Å². The van der Waals surface area contributed by atoms with Crippen LogP contribution < -0.4 is 4.74 Å². The Bertz CT molecular complexity index is 1070. The third-order valence-electron chi connectivity index (χ3n) is 5.03. The Hall–Kier alpha value is -3.18. The van der Waals surface area contributed by atoms with Gasteiger partial charge in [-0.3, -0.25) is 0 Å². The number of alkyl halides is 1. The second-order valence-electron chi connectivity index (χ2n) is 6.51. The fourth-order valence-corrected chi connectivity index (χ4v) is 4.15. The van der Waals surface area contributed by atoms with Gasteiger partial charge in [0.2, 0.25) is 0 Å². The molecule has 2 N–H and O–H groups in total. The number of carbonyl (C=O) groups excluding carboxylic acids is 1. The highest BCUT2D eigenvalue weighted by molar-refractivity contribution is 6.18. The van der Waals surface area contributed by atoms with E-state index in [9.17, 15) is 15.0 Å². The van der Waals surface area contributed by atoms with Crippen molar-refractivity contribution in [3.05, 3.63) is 82.4 Å². The van der Waals surface area contributed by atoms with Gasteiger partial charge in [0.1, 0.15) is 23.0 Å². The zero-order chi connectivity index (χ0) is 18.8. The van der Waals surface area contributed by atoms with Crippen LogP contribution in [0, 0.1) is 0 Å². The Morgan fingerprint density at radius 1 is 0.889 bits per heavy atom.